The largest absolute Gasteiger partial charge is 0.388 e. The van der Waals surface area contributed by atoms with Crippen LogP contribution in [0.15, 0.2) is 22.7 Å². The first-order valence-corrected chi connectivity index (χ1v) is 5.56. The lowest BCUT2D eigenvalue weighted by Crippen LogP contribution is -2.17. The molecule has 0 saturated heterocycles. The van der Waals surface area contributed by atoms with Gasteiger partial charge in [-0.05, 0) is 29.5 Å². The molecular formula is C12H17BrO. The van der Waals surface area contributed by atoms with Crippen LogP contribution in [0, 0.1) is 12.3 Å². The summed E-state index contributed by atoms with van der Waals surface area (Å²) in [5.41, 5.74) is 2.03. The van der Waals surface area contributed by atoms with Gasteiger partial charge in [0, 0.05) is 4.47 Å². The monoisotopic (exact) mass is 256 g/mol. The molecule has 0 bridgehead atoms. The van der Waals surface area contributed by atoms with Gasteiger partial charge in [-0.25, -0.2) is 0 Å². The number of rotatable bonds is 1. The molecule has 78 valence electrons. The lowest BCUT2D eigenvalue weighted by molar-refractivity contribution is 0.0626. The second-order valence-corrected chi connectivity index (χ2v) is 5.63. The maximum atomic E-state index is 10.1. The summed E-state index contributed by atoms with van der Waals surface area (Å²) in [4.78, 5) is 0. The third kappa shape index (κ3) is 2.58. The summed E-state index contributed by atoms with van der Waals surface area (Å²) in [5, 5.41) is 10.1. The van der Waals surface area contributed by atoms with E-state index in [4.69, 9.17) is 0 Å². The summed E-state index contributed by atoms with van der Waals surface area (Å²) < 4.78 is 1.09. The number of aliphatic hydroxyl groups is 1. The summed E-state index contributed by atoms with van der Waals surface area (Å²) in [6.07, 6.45) is -0.408. The van der Waals surface area contributed by atoms with Crippen LogP contribution in [0.1, 0.15) is 38.0 Å². The van der Waals surface area contributed by atoms with Gasteiger partial charge >= 0.3 is 0 Å². The van der Waals surface area contributed by atoms with Gasteiger partial charge in [0.05, 0.1) is 6.10 Å². The standard InChI is InChI=1S/C12H17BrO/c1-8-7-9(5-6-10(8)13)11(14)12(2,3)4/h5-7,11,14H,1-4H3. The third-order valence-corrected chi connectivity index (χ3v) is 3.21. The first-order valence-electron chi connectivity index (χ1n) is 4.76. The van der Waals surface area contributed by atoms with E-state index < -0.39 is 6.10 Å². The van der Waals surface area contributed by atoms with Gasteiger partial charge < -0.3 is 5.11 Å². The highest BCUT2D eigenvalue weighted by molar-refractivity contribution is 9.10. The van der Waals surface area contributed by atoms with Crippen LogP contribution in [0.2, 0.25) is 0 Å². The van der Waals surface area contributed by atoms with Gasteiger partial charge in [-0.3, -0.25) is 0 Å². The Kier molecular flexibility index (Phi) is 3.38. The lowest BCUT2D eigenvalue weighted by atomic mass is 9.84. The van der Waals surface area contributed by atoms with Crippen molar-refractivity contribution in [2.24, 2.45) is 5.41 Å². The first-order chi connectivity index (χ1) is 6.32. The zero-order valence-electron chi connectivity index (χ0n) is 9.13. The topological polar surface area (TPSA) is 20.2 Å². The Morgan fingerprint density at radius 2 is 1.86 bits per heavy atom. The Balaban J connectivity index is 3.03. The molecule has 1 N–H and O–H groups in total. The molecule has 1 aromatic rings. The lowest BCUT2D eigenvalue weighted by Gasteiger charge is -2.26. The second kappa shape index (κ2) is 4.03. The Morgan fingerprint density at radius 1 is 1.29 bits per heavy atom. The fraction of sp³-hybridized carbons (Fsp3) is 0.500. The molecule has 0 aliphatic heterocycles. The van der Waals surface area contributed by atoms with Gasteiger partial charge in [0.2, 0.25) is 0 Å². The van der Waals surface area contributed by atoms with E-state index in [0.29, 0.717) is 0 Å². The molecule has 1 aromatic carbocycles. The van der Waals surface area contributed by atoms with Crippen LogP contribution in [0.5, 0.6) is 0 Å². The summed E-state index contributed by atoms with van der Waals surface area (Å²) in [7, 11) is 0. The summed E-state index contributed by atoms with van der Waals surface area (Å²) in [6, 6.07) is 5.98. The van der Waals surface area contributed by atoms with Gasteiger partial charge in [-0.1, -0.05) is 48.8 Å². The fourth-order valence-corrected chi connectivity index (χ4v) is 1.58. The van der Waals surface area contributed by atoms with Crippen molar-refractivity contribution in [2.45, 2.75) is 33.8 Å². The Hall–Kier alpha value is -0.340. The zero-order valence-corrected chi connectivity index (χ0v) is 10.7. The van der Waals surface area contributed by atoms with E-state index in [1.165, 1.54) is 0 Å². The van der Waals surface area contributed by atoms with Gasteiger partial charge in [0.1, 0.15) is 0 Å². The van der Waals surface area contributed by atoms with Crippen molar-refractivity contribution in [3.8, 4) is 0 Å². The maximum absolute atomic E-state index is 10.1. The average Bonchev–Trinajstić information content (AvgIpc) is 2.07. The predicted octanol–water partition coefficient (Wildman–Crippen LogP) is 3.84. The van der Waals surface area contributed by atoms with Crippen LogP contribution in [0.4, 0.5) is 0 Å². The molecule has 1 nitrogen and oxygen atoms in total. The van der Waals surface area contributed by atoms with Crippen LogP contribution in [-0.2, 0) is 0 Å². The van der Waals surface area contributed by atoms with Crippen molar-refractivity contribution in [3.63, 3.8) is 0 Å². The van der Waals surface area contributed by atoms with E-state index in [9.17, 15) is 5.11 Å². The summed E-state index contributed by atoms with van der Waals surface area (Å²) in [6.45, 7) is 8.14. The quantitative estimate of drug-likeness (QED) is 0.810. The highest BCUT2D eigenvalue weighted by Crippen LogP contribution is 2.33. The molecule has 0 heterocycles. The second-order valence-electron chi connectivity index (χ2n) is 4.78. The van der Waals surface area contributed by atoms with Crippen molar-refractivity contribution >= 4 is 15.9 Å². The average molecular weight is 257 g/mol. The van der Waals surface area contributed by atoms with Gasteiger partial charge in [-0.15, -0.1) is 0 Å². The van der Waals surface area contributed by atoms with Gasteiger partial charge in [-0.2, -0.15) is 0 Å². The van der Waals surface area contributed by atoms with E-state index in [2.05, 4.69) is 15.9 Å². The predicted molar refractivity (Wildman–Crippen MR) is 63.3 cm³/mol. The van der Waals surface area contributed by atoms with E-state index in [1.807, 2.05) is 45.9 Å². The molecule has 14 heavy (non-hydrogen) atoms. The van der Waals surface area contributed by atoms with Crippen LogP contribution < -0.4 is 0 Å². The molecule has 1 rings (SSSR count). The van der Waals surface area contributed by atoms with Crippen LogP contribution in [0.3, 0.4) is 0 Å². The highest BCUT2D eigenvalue weighted by Gasteiger charge is 2.23. The van der Waals surface area contributed by atoms with Crippen molar-refractivity contribution in [1.29, 1.82) is 0 Å². The number of hydrogen-bond acceptors (Lipinski definition) is 1. The number of aryl methyl sites for hydroxylation is 1. The molecule has 0 aliphatic rings. The normalized spacial score (nSPS) is 14.1. The Morgan fingerprint density at radius 3 is 2.29 bits per heavy atom. The third-order valence-electron chi connectivity index (χ3n) is 2.32. The first kappa shape index (κ1) is 11.7. The Bertz CT molecular complexity index is 326. The number of halogens is 1. The molecule has 1 unspecified atom stereocenters. The molecular weight excluding hydrogens is 240 g/mol. The van der Waals surface area contributed by atoms with E-state index >= 15 is 0 Å². The van der Waals surface area contributed by atoms with Gasteiger partial charge in [0.15, 0.2) is 0 Å². The van der Waals surface area contributed by atoms with E-state index in [-0.39, 0.29) is 5.41 Å². The minimum Gasteiger partial charge on any atom is -0.388 e. The molecule has 0 saturated carbocycles. The zero-order chi connectivity index (χ0) is 10.9. The Labute approximate surface area is 94.3 Å². The highest BCUT2D eigenvalue weighted by atomic mass is 79.9. The van der Waals surface area contributed by atoms with Gasteiger partial charge in [0.25, 0.3) is 0 Å². The van der Waals surface area contributed by atoms with Crippen molar-refractivity contribution in [3.05, 3.63) is 33.8 Å². The minimum absolute atomic E-state index is 0.111. The van der Waals surface area contributed by atoms with Crippen molar-refractivity contribution in [1.82, 2.24) is 0 Å². The SMILES string of the molecule is Cc1cc(C(O)C(C)(C)C)ccc1Br. The number of aliphatic hydroxyl groups excluding tert-OH is 1. The van der Waals surface area contributed by atoms with Crippen LogP contribution >= 0.6 is 15.9 Å². The molecule has 0 aliphatic carbocycles. The molecule has 0 radical (unpaired) electrons. The molecule has 0 spiro atoms. The molecule has 1 atom stereocenters. The smallest absolute Gasteiger partial charge is 0.0838 e. The van der Waals surface area contributed by atoms with E-state index in [0.717, 1.165) is 15.6 Å². The molecule has 0 fully saturated rings. The fourth-order valence-electron chi connectivity index (χ4n) is 1.34. The maximum Gasteiger partial charge on any atom is 0.0838 e. The minimum atomic E-state index is -0.408. The molecule has 2 heteroatoms. The van der Waals surface area contributed by atoms with Crippen LogP contribution in [0.25, 0.3) is 0 Å². The number of benzene rings is 1. The summed E-state index contributed by atoms with van der Waals surface area (Å²) in [5.74, 6) is 0. The molecule has 0 aromatic heterocycles. The van der Waals surface area contributed by atoms with Crippen LogP contribution in [-0.4, -0.2) is 5.11 Å². The van der Waals surface area contributed by atoms with Crippen molar-refractivity contribution in [2.75, 3.05) is 0 Å². The summed E-state index contributed by atoms with van der Waals surface area (Å²) >= 11 is 3.45. The molecule has 0 amide bonds. The van der Waals surface area contributed by atoms with Crippen molar-refractivity contribution < 1.29 is 5.11 Å². The van der Waals surface area contributed by atoms with E-state index in [1.54, 1.807) is 0 Å². The number of hydrogen-bond donors (Lipinski definition) is 1.